The Kier molecular flexibility index (Phi) is 5.86. The zero-order valence-electron chi connectivity index (χ0n) is 12.6. The quantitative estimate of drug-likeness (QED) is 0.850. The molecule has 0 spiro atoms. The zero-order chi connectivity index (χ0) is 13.7. The van der Waals surface area contributed by atoms with E-state index in [1.54, 1.807) is 0 Å². The fourth-order valence-electron chi connectivity index (χ4n) is 3.17. The summed E-state index contributed by atoms with van der Waals surface area (Å²) in [5.41, 5.74) is 0. The van der Waals surface area contributed by atoms with E-state index in [2.05, 4.69) is 48.5 Å². The third-order valence-corrected chi connectivity index (χ3v) is 5.33. The van der Waals surface area contributed by atoms with E-state index in [9.17, 15) is 0 Å². The Labute approximate surface area is 122 Å². The second-order valence-electron chi connectivity index (χ2n) is 5.90. The number of nitrogens with zero attached hydrogens (tertiary/aromatic N) is 1. The van der Waals surface area contributed by atoms with Crippen molar-refractivity contribution < 1.29 is 0 Å². The summed E-state index contributed by atoms with van der Waals surface area (Å²) in [6, 6.07) is 5.47. The van der Waals surface area contributed by atoms with E-state index in [4.69, 9.17) is 0 Å². The minimum Gasteiger partial charge on any atom is -0.307 e. The molecular weight excluding hydrogens is 252 g/mol. The molecule has 3 heteroatoms. The fourth-order valence-corrected chi connectivity index (χ4v) is 3.91. The van der Waals surface area contributed by atoms with Crippen molar-refractivity contribution in [2.75, 3.05) is 19.6 Å². The fraction of sp³-hybridized carbons (Fsp3) is 0.750. The molecule has 2 heterocycles. The highest BCUT2D eigenvalue weighted by Gasteiger charge is 2.25. The van der Waals surface area contributed by atoms with Crippen molar-refractivity contribution in [1.82, 2.24) is 10.2 Å². The average molecular weight is 280 g/mol. The molecule has 1 aliphatic rings. The normalized spacial score (nSPS) is 24.3. The molecule has 19 heavy (non-hydrogen) atoms. The van der Waals surface area contributed by atoms with Crippen molar-refractivity contribution in [3.63, 3.8) is 0 Å². The topological polar surface area (TPSA) is 15.3 Å². The van der Waals surface area contributed by atoms with Gasteiger partial charge in [-0.3, -0.25) is 0 Å². The summed E-state index contributed by atoms with van der Waals surface area (Å²) in [6.07, 6.45) is 4.02. The Morgan fingerprint density at radius 1 is 1.47 bits per heavy atom. The molecule has 1 N–H and O–H groups in total. The standard InChI is InChI=1S/C16H28N2S/c1-4-9-18-10-5-7-15(12-18)13(2)17-14(3)16-8-6-11-19-16/h6,8,11,13-15,17H,4-5,7,9-10,12H2,1-3H3/t13?,14-,15?/m0/s1. The van der Waals surface area contributed by atoms with Gasteiger partial charge in [0.15, 0.2) is 0 Å². The summed E-state index contributed by atoms with van der Waals surface area (Å²) in [4.78, 5) is 4.09. The van der Waals surface area contributed by atoms with Crippen LogP contribution in [0, 0.1) is 5.92 Å². The van der Waals surface area contributed by atoms with Crippen LogP contribution in [-0.4, -0.2) is 30.6 Å². The molecule has 0 saturated carbocycles. The molecule has 0 amide bonds. The van der Waals surface area contributed by atoms with Crippen LogP contribution in [-0.2, 0) is 0 Å². The highest BCUT2D eigenvalue weighted by atomic mass is 32.1. The van der Waals surface area contributed by atoms with Gasteiger partial charge in [0.2, 0.25) is 0 Å². The molecule has 1 aromatic heterocycles. The van der Waals surface area contributed by atoms with Gasteiger partial charge in [-0.05, 0) is 63.6 Å². The number of hydrogen-bond acceptors (Lipinski definition) is 3. The predicted molar refractivity (Wildman–Crippen MR) is 84.8 cm³/mol. The molecule has 2 nitrogen and oxygen atoms in total. The summed E-state index contributed by atoms with van der Waals surface area (Å²) in [5.74, 6) is 0.808. The van der Waals surface area contributed by atoms with Gasteiger partial charge < -0.3 is 10.2 Å². The second-order valence-corrected chi connectivity index (χ2v) is 6.87. The van der Waals surface area contributed by atoms with Crippen LogP contribution < -0.4 is 5.32 Å². The Bertz CT molecular complexity index is 348. The SMILES string of the molecule is CCCN1CCCC(C(C)N[C@@H](C)c2cccs2)C1. The van der Waals surface area contributed by atoms with Crippen LogP contribution in [0.2, 0.25) is 0 Å². The van der Waals surface area contributed by atoms with Gasteiger partial charge in [-0.25, -0.2) is 0 Å². The van der Waals surface area contributed by atoms with Crippen molar-refractivity contribution in [2.24, 2.45) is 5.92 Å². The van der Waals surface area contributed by atoms with Crippen molar-refractivity contribution in [2.45, 2.75) is 52.1 Å². The molecule has 0 aliphatic carbocycles. The van der Waals surface area contributed by atoms with E-state index in [-0.39, 0.29) is 0 Å². The number of piperidine rings is 1. The summed E-state index contributed by atoms with van der Waals surface area (Å²) >= 11 is 1.86. The Balaban J connectivity index is 1.83. The predicted octanol–water partition coefficient (Wildman–Crippen LogP) is 3.91. The first-order valence-electron chi connectivity index (χ1n) is 7.72. The summed E-state index contributed by atoms with van der Waals surface area (Å²) < 4.78 is 0. The Morgan fingerprint density at radius 3 is 3.00 bits per heavy atom. The zero-order valence-corrected chi connectivity index (χ0v) is 13.4. The van der Waals surface area contributed by atoms with Crippen molar-refractivity contribution in [1.29, 1.82) is 0 Å². The molecule has 1 aromatic rings. The number of thiophene rings is 1. The minimum absolute atomic E-state index is 0.483. The van der Waals surface area contributed by atoms with Gasteiger partial charge in [-0.15, -0.1) is 11.3 Å². The first kappa shape index (κ1) is 15.0. The van der Waals surface area contributed by atoms with E-state index < -0.39 is 0 Å². The molecule has 0 radical (unpaired) electrons. The van der Waals surface area contributed by atoms with Gasteiger partial charge in [-0.2, -0.15) is 0 Å². The number of nitrogens with one attached hydrogen (secondary N) is 1. The van der Waals surface area contributed by atoms with Crippen molar-refractivity contribution >= 4 is 11.3 Å². The monoisotopic (exact) mass is 280 g/mol. The summed E-state index contributed by atoms with van der Waals surface area (Å²) in [5, 5.41) is 5.97. The lowest BCUT2D eigenvalue weighted by molar-refractivity contribution is 0.147. The van der Waals surface area contributed by atoms with Crippen LogP contribution in [0.5, 0.6) is 0 Å². The molecule has 108 valence electrons. The van der Waals surface area contributed by atoms with Gasteiger partial charge in [0.25, 0.3) is 0 Å². The number of hydrogen-bond donors (Lipinski definition) is 1. The van der Waals surface area contributed by atoms with Gasteiger partial charge in [0, 0.05) is 23.5 Å². The molecule has 1 fully saturated rings. The smallest absolute Gasteiger partial charge is 0.0388 e. The Hall–Kier alpha value is -0.380. The Morgan fingerprint density at radius 2 is 2.32 bits per heavy atom. The maximum absolute atomic E-state index is 3.80. The van der Waals surface area contributed by atoms with Crippen LogP contribution in [0.3, 0.4) is 0 Å². The van der Waals surface area contributed by atoms with Gasteiger partial charge >= 0.3 is 0 Å². The van der Waals surface area contributed by atoms with E-state index >= 15 is 0 Å². The second kappa shape index (κ2) is 7.41. The van der Waals surface area contributed by atoms with Gasteiger partial charge in [0.1, 0.15) is 0 Å². The van der Waals surface area contributed by atoms with Crippen LogP contribution in [0.4, 0.5) is 0 Å². The van der Waals surface area contributed by atoms with Gasteiger partial charge in [0.05, 0.1) is 0 Å². The lowest BCUT2D eigenvalue weighted by Gasteiger charge is -2.37. The summed E-state index contributed by atoms with van der Waals surface area (Å²) in [6.45, 7) is 10.8. The van der Waals surface area contributed by atoms with Crippen molar-refractivity contribution in [3.05, 3.63) is 22.4 Å². The third kappa shape index (κ3) is 4.30. The van der Waals surface area contributed by atoms with E-state index in [0.29, 0.717) is 12.1 Å². The number of rotatable bonds is 6. The maximum atomic E-state index is 3.80. The molecule has 1 aliphatic heterocycles. The molecule has 2 rings (SSSR count). The molecule has 2 unspecified atom stereocenters. The highest BCUT2D eigenvalue weighted by molar-refractivity contribution is 7.10. The van der Waals surface area contributed by atoms with Gasteiger partial charge in [-0.1, -0.05) is 13.0 Å². The molecule has 0 aromatic carbocycles. The molecular formula is C16H28N2S. The van der Waals surface area contributed by atoms with Crippen LogP contribution in [0.1, 0.15) is 51.0 Å². The molecule has 0 bridgehead atoms. The van der Waals surface area contributed by atoms with Crippen LogP contribution in [0.25, 0.3) is 0 Å². The lowest BCUT2D eigenvalue weighted by Crippen LogP contribution is -2.45. The van der Waals surface area contributed by atoms with E-state index in [1.807, 2.05) is 11.3 Å². The third-order valence-electron chi connectivity index (χ3n) is 4.27. The first-order chi connectivity index (χ1) is 9.20. The largest absolute Gasteiger partial charge is 0.307 e. The maximum Gasteiger partial charge on any atom is 0.0388 e. The van der Waals surface area contributed by atoms with E-state index in [0.717, 1.165) is 5.92 Å². The van der Waals surface area contributed by atoms with Crippen LogP contribution in [0.15, 0.2) is 17.5 Å². The average Bonchev–Trinajstić information content (AvgIpc) is 2.93. The highest BCUT2D eigenvalue weighted by Crippen LogP contribution is 2.24. The van der Waals surface area contributed by atoms with E-state index in [1.165, 1.54) is 43.8 Å². The number of likely N-dealkylation sites (tertiary alicyclic amines) is 1. The first-order valence-corrected chi connectivity index (χ1v) is 8.60. The molecule has 3 atom stereocenters. The minimum atomic E-state index is 0.483. The lowest BCUT2D eigenvalue weighted by atomic mass is 9.91. The summed E-state index contributed by atoms with van der Waals surface area (Å²) in [7, 11) is 0. The molecule has 1 saturated heterocycles. The van der Waals surface area contributed by atoms with Crippen molar-refractivity contribution in [3.8, 4) is 0 Å². The van der Waals surface area contributed by atoms with Crippen LogP contribution >= 0.6 is 11.3 Å².